The lowest BCUT2D eigenvalue weighted by Gasteiger charge is -2.28. The Morgan fingerprint density at radius 1 is 1.25 bits per heavy atom. The topological polar surface area (TPSA) is 81.2 Å². The highest BCUT2D eigenvalue weighted by molar-refractivity contribution is 6.01. The van der Waals surface area contributed by atoms with E-state index in [0.717, 1.165) is 11.6 Å². The third kappa shape index (κ3) is 2.17. The third-order valence-electron chi connectivity index (χ3n) is 4.37. The first kappa shape index (κ1) is 14.8. The monoisotopic (exact) mass is 325 g/mol. The molecule has 0 fully saturated rings. The van der Waals surface area contributed by atoms with Crippen molar-refractivity contribution in [3.8, 4) is 0 Å². The minimum Gasteiger partial charge on any atom is -0.329 e. The summed E-state index contributed by atoms with van der Waals surface area (Å²) >= 11 is 0. The van der Waals surface area contributed by atoms with Crippen LogP contribution >= 0.6 is 0 Å². The van der Waals surface area contributed by atoms with Gasteiger partial charge in [0.25, 0.3) is 5.91 Å². The molecule has 1 aliphatic rings. The highest BCUT2D eigenvalue weighted by Gasteiger charge is 2.29. The van der Waals surface area contributed by atoms with E-state index in [1.807, 2.05) is 6.92 Å². The van der Waals surface area contributed by atoms with Gasteiger partial charge in [-0.15, -0.1) is 10.2 Å². The number of nitrogens with zero attached hydrogens (tertiary/aromatic N) is 7. The number of hydrogen-bond acceptors (Lipinski definition) is 5. The van der Waals surface area contributed by atoms with E-state index in [4.69, 9.17) is 0 Å². The molecule has 0 radical (unpaired) electrons. The molecule has 0 spiro atoms. The van der Waals surface area contributed by atoms with E-state index in [1.54, 1.807) is 27.9 Å². The normalized spacial score (nSPS) is 14.4. The van der Waals surface area contributed by atoms with Crippen molar-refractivity contribution in [1.82, 2.24) is 34.3 Å². The van der Waals surface area contributed by atoms with Gasteiger partial charge in [-0.05, 0) is 13.0 Å². The molecule has 124 valence electrons. The lowest BCUT2D eigenvalue weighted by atomic mass is 10.2. The summed E-state index contributed by atoms with van der Waals surface area (Å²) in [5.74, 6) is 2.08. The first-order chi connectivity index (χ1) is 11.6. The zero-order chi connectivity index (χ0) is 16.8. The summed E-state index contributed by atoms with van der Waals surface area (Å²) < 4.78 is 3.77. The quantitative estimate of drug-likeness (QED) is 0.711. The molecule has 0 atom stereocenters. The fourth-order valence-electron chi connectivity index (χ4n) is 3.19. The van der Waals surface area contributed by atoms with Crippen LogP contribution in [0.15, 0.2) is 18.5 Å². The van der Waals surface area contributed by atoms with E-state index in [9.17, 15) is 4.79 Å². The number of aromatic nitrogens is 6. The van der Waals surface area contributed by atoms with Crippen molar-refractivity contribution in [3.05, 3.63) is 41.4 Å². The Morgan fingerprint density at radius 2 is 2.08 bits per heavy atom. The minimum atomic E-state index is -0.0541. The molecule has 24 heavy (non-hydrogen) atoms. The van der Waals surface area contributed by atoms with Crippen molar-refractivity contribution in [1.29, 1.82) is 0 Å². The van der Waals surface area contributed by atoms with Gasteiger partial charge in [-0.1, -0.05) is 13.8 Å². The minimum absolute atomic E-state index is 0.0541. The van der Waals surface area contributed by atoms with E-state index in [2.05, 4.69) is 38.7 Å². The molecule has 4 heterocycles. The Morgan fingerprint density at radius 3 is 2.88 bits per heavy atom. The maximum absolute atomic E-state index is 13.0. The number of rotatable bonds is 2. The van der Waals surface area contributed by atoms with Crippen LogP contribution in [0.3, 0.4) is 0 Å². The van der Waals surface area contributed by atoms with Crippen LogP contribution in [0.1, 0.15) is 47.5 Å². The molecule has 8 nitrogen and oxygen atoms in total. The molecule has 0 aliphatic carbocycles. The van der Waals surface area contributed by atoms with Gasteiger partial charge in [0.05, 0.1) is 12.2 Å². The standard InChI is InChI=1S/C16H19N7O/c1-10(2)14-19-18-12-9-21(7-8-22(12)14)16(24)13-11(3)20-23-6-4-5-17-15(13)23/h4-6,10H,7-9H2,1-3H3. The molecule has 0 saturated heterocycles. The van der Waals surface area contributed by atoms with E-state index in [1.165, 1.54) is 0 Å². The third-order valence-corrected chi connectivity index (χ3v) is 4.37. The molecule has 0 saturated carbocycles. The van der Waals surface area contributed by atoms with Gasteiger partial charge in [-0.2, -0.15) is 5.10 Å². The van der Waals surface area contributed by atoms with Crippen LogP contribution in [0.25, 0.3) is 5.65 Å². The maximum atomic E-state index is 13.0. The van der Waals surface area contributed by atoms with Crippen molar-refractivity contribution >= 4 is 11.6 Å². The first-order valence-electron chi connectivity index (χ1n) is 8.07. The number of carbonyl (C=O) groups is 1. The summed E-state index contributed by atoms with van der Waals surface area (Å²) in [4.78, 5) is 19.1. The van der Waals surface area contributed by atoms with E-state index in [0.29, 0.717) is 42.5 Å². The molecule has 0 unspecified atom stereocenters. The second-order valence-corrected chi connectivity index (χ2v) is 6.36. The van der Waals surface area contributed by atoms with Gasteiger partial charge in [0, 0.05) is 31.4 Å². The van der Waals surface area contributed by atoms with Crippen LogP contribution in [0.2, 0.25) is 0 Å². The van der Waals surface area contributed by atoms with Gasteiger partial charge >= 0.3 is 0 Å². The molecular weight excluding hydrogens is 306 g/mol. The smallest absolute Gasteiger partial charge is 0.260 e. The van der Waals surface area contributed by atoms with Crippen molar-refractivity contribution in [3.63, 3.8) is 0 Å². The van der Waals surface area contributed by atoms with E-state index >= 15 is 0 Å². The number of hydrogen-bond donors (Lipinski definition) is 0. The van der Waals surface area contributed by atoms with E-state index in [-0.39, 0.29) is 5.91 Å². The zero-order valence-corrected chi connectivity index (χ0v) is 14.0. The fraction of sp³-hybridized carbons (Fsp3) is 0.438. The molecule has 1 aliphatic heterocycles. The van der Waals surface area contributed by atoms with Gasteiger partial charge in [0.15, 0.2) is 11.5 Å². The molecule has 3 aromatic rings. The lowest BCUT2D eigenvalue weighted by molar-refractivity contribution is 0.0707. The highest BCUT2D eigenvalue weighted by Crippen LogP contribution is 2.21. The SMILES string of the molecule is Cc1nn2cccnc2c1C(=O)N1CCn2c(nnc2C(C)C)C1. The van der Waals surface area contributed by atoms with Crippen LogP contribution in [0.4, 0.5) is 0 Å². The molecule has 0 N–H and O–H groups in total. The van der Waals surface area contributed by atoms with Crippen molar-refractivity contribution in [2.24, 2.45) is 0 Å². The van der Waals surface area contributed by atoms with E-state index < -0.39 is 0 Å². The van der Waals surface area contributed by atoms with Crippen molar-refractivity contribution in [2.75, 3.05) is 6.54 Å². The summed E-state index contributed by atoms with van der Waals surface area (Å²) in [5, 5.41) is 12.9. The number of carbonyl (C=O) groups excluding carboxylic acids is 1. The number of amides is 1. The largest absolute Gasteiger partial charge is 0.329 e. The summed E-state index contributed by atoms with van der Waals surface area (Å²) in [6, 6.07) is 1.80. The fourth-order valence-corrected chi connectivity index (χ4v) is 3.19. The van der Waals surface area contributed by atoms with Crippen LogP contribution in [0.5, 0.6) is 0 Å². The molecule has 1 amide bonds. The number of aryl methyl sites for hydroxylation is 1. The Kier molecular flexibility index (Phi) is 3.33. The van der Waals surface area contributed by atoms with Crippen LogP contribution in [-0.2, 0) is 13.1 Å². The van der Waals surface area contributed by atoms with Crippen LogP contribution < -0.4 is 0 Å². The predicted octanol–water partition coefficient (Wildman–Crippen LogP) is 1.41. The number of fused-ring (bicyclic) bond motifs is 2. The molecular formula is C16H19N7O. The molecule has 3 aromatic heterocycles. The summed E-state index contributed by atoms with van der Waals surface area (Å²) in [5.41, 5.74) is 1.84. The summed E-state index contributed by atoms with van der Waals surface area (Å²) in [7, 11) is 0. The average Bonchev–Trinajstić information content (AvgIpc) is 3.13. The summed E-state index contributed by atoms with van der Waals surface area (Å²) in [6.45, 7) is 7.85. The Balaban J connectivity index is 1.67. The second kappa shape index (κ2) is 5.40. The molecule has 0 aromatic carbocycles. The Hall–Kier alpha value is -2.77. The Labute approximate surface area is 139 Å². The predicted molar refractivity (Wildman–Crippen MR) is 86.6 cm³/mol. The molecule has 8 heteroatoms. The van der Waals surface area contributed by atoms with Gasteiger partial charge in [-0.3, -0.25) is 4.79 Å². The van der Waals surface area contributed by atoms with Gasteiger partial charge in [0.1, 0.15) is 11.4 Å². The first-order valence-corrected chi connectivity index (χ1v) is 8.07. The lowest BCUT2D eigenvalue weighted by Crippen LogP contribution is -2.39. The summed E-state index contributed by atoms with van der Waals surface area (Å²) in [6.07, 6.45) is 3.48. The maximum Gasteiger partial charge on any atom is 0.260 e. The van der Waals surface area contributed by atoms with Crippen molar-refractivity contribution < 1.29 is 4.79 Å². The van der Waals surface area contributed by atoms with Gasteiger partial charge in [0.2, 0.25) is 0 Å². The highest BCUT2D eigenvalue weighted by atomic mass is 16.2. The second-order valence-electron chi connectivity index (χ2n) is 6.36. The van der Waals surface area contributed by atoms with Crippen molar-refractivity contribution in [2.45, 2.75) is 39.8 Å². The Bertz CT molecular complexity index is 924. The van der Waals surface area contributed by atoms with Crippen LogP contribution in [0, 0.1) is 6.92 Å². The van der Waals surface area contributed by atoms with Gasteiger partial charge < -0.3 is 9.47 Å². The van der Waals surface area contributed by atoms with Crippen LogP contribution in [-0.4, -0.2) is 46.7 Å². The average molecular weight is 325 g/mol. The van der Waals surface area contributed by atoms with Gasteiger partial charge in [-0.25, -0.2) is 9.50 Å². The molecule has 4 rings (SSSR count). The zero-order valence-electron chi connectivity index (χ0n) is 14.0. The molecule has 0 bridgehead atoms.